The Bertz CT molecular complexity index is 912. The Morgan fingerprint density at radius 3 is 2.77 bits per heavy atom. The van der Waals surface area contributed by atoms with E-state index >= 15 is 0 Å². The quantitative estimate of drug-likeness (QED) is 0.232. The van der Waals surface area contributed by atoms with Gasteiger partial charge in [0.1, 0.15) is 18.3 Å². The third-order valence-electron chi connectivity index (χ3n) is 3.84. The molecule has 1 heterocycles. The molecule has 1 aromatic rings. The number of ether oxygens (including phenoxy) is 1. The van der Waals surface area contributed by atoms with E-state index in [-0.39, 0.29) is 17.9 Å². The normalized spacial score (nSPS) is 18.0. The van der Waals surface area contributed by atoms with Crippen LogP contribution in [-0.2, 0) is 23.4 Å². The van der Waals surface area contributed by atoms with Gasteiger partial charge < -0.3 is 20.0 Å². The van der Waals surface area contributed by atoms with Gasteiger partial charge in [-0.1, -0.05) is 0 Å². The standard InChI is InChI=1S/C16H21FN5O7P/c1-10(23)22(30(26,27)29-11(2)24)8-13-7-21(16(25)28-13)12-4-5-15(14(17)6-12)19-9-20-18-3/h4-6,9,13,18H,7-8H2,1-3H3,(H,19,20)(H,26,27). The van der Waals surface area contributed by atoms with E-state index < -0.39 is 44.2 Å². The number of carbonyl (C=O) groups is 3. The Morgan fingerprint density at radius 1 is 1.50 bits per heavy atom. The summed E-state index contributed by atoms with van der Waals surface area (Å²) in [5, 5.41) is 6.28. The summed E-state index contributed by atoms with van der Waals surface area (Å²) in [6, 6.07) is 3.94. The van der Waals surface area contributed by atoms with E-state index in [1.165, 1.54) is 18.5 Å². The maximum absolute atomic E-state index is 14.3. The number of cyclic esters (lactones) is 1. The first-order valence-electron chi connectivity index (χ1n) is 8.59. The van der Waals surface area contributed by atoms with Gasteiger partial charge in [0.15, 0.2) is 0 Å². The van der Waals surface area contributed by atoms with Crippen LogP contribution in [0.15, 0.2) is 23.3 Å². The number of hydrogen-bond acceptors (Lipinski definition) is 8. The molecule has 30 heavy (non-hydrogen) atoms. The average Bonchev–Trinajstić information content (AvgIpc) is 3.00. The Labute approximate surface area is 171 Å². The molecule has 0 aromatic heterocycles. The lowest BCUT2D eigenvalue weighted by Crippen LogP contribution is -2.36. The van der Waals surface area contributed by atoms with Crippen molar-refractivity contribution in [3.63, 3.8) is 0 Å². The van der Waals surface area contributed by atoms with Crippen LogP contribution in [0.4, 0.5) is 20.6 Å². The summed E-state index contributed by atoms with van der Waals surface area (Å²) < 4.78 is 36.3. The smallest absolute Gasteiger partial charge is 0.442 e. The fraction of sp³-hybridized carbons (Fsp3) is 0.375. The van der Waals surface area contributed by atoms with Gasteiger partial charge in [-0.25, -0.2) is 18.4 Å². The Hall–Kier alpha value is -3.18. The molecule has 2 atom stereocenters. The zero-order valence-electron chi connectivity index (χ0n) is 16.4. The van der Waals surface area contributed by atoms with Gasteiger partial charge in [-0.3, -0.25) is 19.4 Å². The van der Waals surface area contributed by atoms with E-state index in [9.17, 15) is 28.2 Å². The lowest BCUT2D eigenvalue weighted by molar-refractivity contribution is -0.134. The molecule has 14 heteroatoms. The van der Waals surface area contributed by atoms with Crippen LogP contribution in [0, 0.1) is 5.82 Å². The van der Waals surface area contributed by atoms with E-state index in [1.807, 2.05) is 0 Å². The topological polar surface area (TPSA) is 150 Å². The molecule has 1 aliphatic rings. The Morgan fingerprint density at radius 2 is 2.20 bits per heavy atom. The number of benzene rings is 1. The summed E-state index contributed by atoms with van der Waals surface area (Å²) in [6.07, 6.45) is -0.605. The van der Waals surface area contributed by atoms with E-state index in [1.54, 1.807) is 7.05 Å². The molecule has 1 aliphatic heterocycles. The average molecular weight is 445 g/mol. The van der Waals surface area contributed by atoms with Gasteiger partial charge in [0, 0.05) is 20.9 Å². The highest BCUT2D eigenvalue weighted by Gasteiger charge is 2.41. The second-order valence-electron chi connectivity index (χ2n) is 6.08. The van der Waals surface area contributed by atoms with E-state index in [2.05, 4.69) is 20.4 Å². The minimum absolute atomic E-state index is 0.118. The second kappa shape index (κ2) is 9.55. The van der Waals surface area contributed by atoms with Crippen molar-refractivity contribution in [2.75, 3.05) is 30.4 Å². The highest BCUT2D eigenvalue weighted by Crippen LogP contribution is 2.47. The molecule has 0 bridgehead atoms. The summed E-state index contributed by atoms with van der Waals surface area (Å²) in [4.78, 5) is 45.9. The van der Waals surface area contributed by atoms with Crippen molar-refractivity contribution in [1.82, 2.24) is 10.1 Å². The maximum Gasteiger partial charge on any atom is 0.490 e. The summed E-state index contributed by atoms with van der Waals surface area (Å²) in [7, 11) is -3.20. The van der Waals surface area contributed by atoms with Crippen molar-refractivity contribution >= 4 is 43.4 Å². The number of nitrogens with one attached hydrogen (secondary N) is 2. The summed E-state index contributed by atoms with van der Waals surface area (Å²) in [6.45, 7) is 1.28. The molecule has 1 fully saturated rings. The lowest BCUT2D eigenvalue weighted by atomic mass is 10.2. The molecule has 0 saturated carbocycles. The number of carbonyl (C=O) groups excluding carboxylic acids is 3. The van der Waals surface area contributed by atoms with Gasteiger partial charge >= 0.3 is 19.8 Å². The molecule has 12 nitrogen and oxygen atoms in total. The first-order chi connectivity index (χ1) is 14.0. The van der Waals surface area contributed by atoms with Crippen molar-refractivity contribution in [3.8, 4) is 0 Å². The molecular formula is C16H21FN5O7P. The van der Waals surface area contributed by atoms with Crippen LogP contribution in [0.5, 0.6) is 0 Å². The van der Waals surface area contributed by atoms with Crippen LogP contribution >= 0.6 is 7.75 Å². The van der Waals surface area contributed by atoms with Crippen molar-refractivity contribution in [3.05, 3.63) is 24.0 Å². The fourth-order valence-electron chi connectivity index (χ4n) is 2.60. The van der Waals surface area contributed by atoms with Crippen molar-refractivity contribution in [2.24, 2.45) is 5.10 Å². The largest absolute Gasteiger partial charge is 0.490 e. The van der Waals surface area contributed by atoms with Crippen molar-refractivity contribution < 1.29 is 37.5 Å². The van der Waals surface area contributed by atoms with Gasteiger partial charge in [-0.2, -0.15) is 5.10 Å². The van der Waals surface area contributed by atoms with Gasteiger partial charge in [0.05, 0.1) is 24.5 Å². The summed E-state index contributed by atoms with van der Waals surface area (Å²) in [5.41, 5.74) is 2.79. The fourth-order valence-corrected chi connectivity index (χ4v) is 3.78. The molecule has 0 aliphatic carbocycles. The molecule has 1 aromatic carbocycles. The zero-order valence-corrected chi connectivity index (χ0v) is 17.3. The number of halogens is 1. The van der Waals surface area contributed by atoms with Crippen LogP contribution in [-0.4, -0.2) is 60.1 Å². The predicted molar refractivity (Wildman–Crippen MR) is 104 cm³/mol. The lowest BCUT2D eigenvalue weighted by Gasteiger charge is -2.26. The van der Waals surface area contributed by atoms with Crippen molar-refractivity contribution in [2.45, 2.75) is 20.0 Å². The van der Waals surface area contributed by atoms with Crippen LogP contribution in [0.3, 0.4) is 0 Å². The van der Waals surface area contributed by atoms with Gasteiger partial charge in [0.25, 0.3) is 0 Å². The van der Waals surface area contributed by atoms with E-state index in [0.29, 0.717) is 4.67 Å². The van der Waals surface area contributed by atoms with E-state index in [4.69, 9.17) is 4.74 Å². The van der Waals surface area contributed by atoms with E-state index in [0.717, 1.165) is 24.8 Å². The minimum atomic E-state index is -4.77. The van der Waals surface area contributed by atoms with Crippen molar-refractivity contribution in [1.29, 1.82) is 0 Å². The summed E-state index contributed by atoms with van der Waals surface area (Å²) in [5.74, 6) is -2.58. The van der Waals surface area contributed by atoms with Gasteiger partial charge in [0.2, 0.25) is 5.91 Å². The monoisotopic (exact) mass is 445 g/mol. The number of nitrogens with zero attached hydrogens (tertiary/aromatic N) is 3. The summed E-state index contributed by atoms with van der Waals surface area (Å²) >= 11 is 0. The highest BCUT2D eigenvalue weighted by atomic mass is 31.2. The van der Waals surface area contributed by atoms with Crippen LogP contribution in [0.25, 0.3) is 0 Å². The molecule has 0 radical (unpaired) electrons. The zero-order chi connectivity index (χ0) is 22.5. The number of hydrogen-bond donors (Lipinski definition) is 3. The van der Waals surface area contributed by atoms with Gasteiger partial charge in [-0.05, 0) is 18.2 Å². The minimum Gasteiger partial charge on any atom is -0.442 e. The Kier molecular flexibility index (Phi) is 7.35. The van der Waals surface area contributed by atoms with Crippen LogP contribution < -0.4 is 15.6 Å². The SMILES string of the molecule is CN/N=C\Nc1ccc(N2CC(CN(C(C)=O)P(=O)(O)OC(C)=O)OC2=O)cc1F. The third-order valence-corrected chi connectivity index (χ3v) is 5.39. The second-order valence-corrected chi connectivity index (χ2v) is 7.73. The molecular weight excluding hydrogens is 424 g/mol. The molecule has 0 spiro atoms. The third kappa shape index (κ3) is 5.67. The molecule has 164 valence electrons. The van der Waals surface area contributed by atoms with Crippen LogP contribution in [0.1, 0.15) is 13.8 Å². The first kappa shape index (κ1) is 23.1. The molecule has 2 unspecified atom stereocenters. The molecule has 2 rings (SSSR count). The molecule has 2 amide bonds. The maximum atomic E-state index is 14.3. The number of amides is 2. The Balaban J connectivity index is 2.13. The number of hydrazone groups is 1. The number of anilines is 2. The molecule has 1 saturated heterocycles. The highest BCUT2D eigenvalue weighted by molar-refractivity contribution is 7.51. The van der Waals surface area contributed by atoms with Gasteiger partial charge in [-0.15, -0.1) is 0 Å². The first-order valence-corrected chi connectivity index (χ1v) is 10.1. The molecule has 3 N–H and O–H groups in total. The predicted octanol–water partition coefficient (Wildman–Crippen LogP) is 1.24. The van der Waals surface area contributed by atoms with Crippen LogP contribution in [0.2, 0.25) is 0 Å². The number of rotatable bonds is 8.